The topological polar surface area (TPSA) is 119 Å². The predicted molar refractivity (Wildman–Crippen MR) is 133 cm³/mol. The summed E-state index contributed by atoms with van der Waals surface area (Å²) in [6, 6.07) is 8.05. The quantitative estimate of drug-likeness (QED) is 0.541. The van der Waals surface area contributed by atoms with Crippen LogP contribution in [0.15, 0.2) is 18.2 Å². The lowest BCUT2D eigenvalue weighted by Crippen LogP contribution is -2.61. The highest BCUT2D eigenvalue weighted by atomic mass is 16.5. The molecule has 1 aromatic carbocycles. The SMILES string of the molecule is CO[C@H]1CCN(C(=O)c2ccc(NC3NN([C@]4(CC#N)CCCOC4)C4CCNC(=O)C34)cc2C)C1. The average Bonchev–Trinajstić information content (AvgIpc) is 3.51. The van der Waals surface area contributed by atoms with Gasteiger partial charge in [-0.3, -0.25) is 9.59 Å². The van der Waals surface area contributed by atoms with Gasteiger partial charge in [0.1, 0.15) is 6.17 Å². The molecule has 10 nitrogen and oxygen atoms in total. The van der Waals surface area contributed by atoms with Gasteiger partial charge in [0.15, 0.2) is 0 Å². The summed E-state index contributed by atoms with van der Waals surface area (Å²) >= 11 is 0. The van der Waals surface area contributed by atoms with Gasteiger partial charge in [-0.25, -0.2) is 10.4 Å². The number of carbonyl (C=O) groups excluding carboxylic acids is 2. The van der Waals surface area contributed by atoms with Crippen LogP contribution in [0.5, 0.6) is 0 Å². The zero-order chi connectivity index (χ0) is 25.3. The highest BCUT2D eigenvalue weighted by Gasteiger charge is 2.54. The van der Waals surface area contributed by atoms with Crippen LogP contribution in [0.2, 0.25) is 0 Å². The second kappa shape index (κ2) is 10.3. The van der Waals surface area contributed by atoms with Gasteiger partial charge in [-0.1, -0.05) is 0 Å². The molecular weight excluding hydrogens is 460 g/mol. The molecule has 4 aliphatic rings. The van der Waals surface area contributed by atoms with Gasteiger partial charge < -0.3 is 25.0 Å². The largest absolute Gasteiger partial charge is 0.380 e. The summed E-state index contributed by atoms with van der Waals surface area (Å²) in [5.41, 5.74) is 5.51. The minimum atomic E-state index is -0.452. The van der Waals surface area contributed by atoms with Crippen molar-refractivity contribution >= 4 is 17.5 Å². The fourth-order valence-electron chi connectivity index (χ4n) is 6.26. The number of ether oxygens (including phenoxy) is 2. The lowest BCUT2D eigenvalue weighted by atomic mass is 9.84. The molecule has 4 fully saturated rings. The molecular formula is C26H36N6O4. The van der Waals surface area contributed by atoms with Crippen LogP contribution in [0, 0.1) is 24.2 Å². The molecule has 10 heteroatoms. The fourth-order valence-corrected chi connectivity index (χ4v) is 6.26. The van der Waals surface area contributed by atoms with E-state index < -0.39 is 5.54 Å². The lowest BCUT2D eigenvalue weighted by molar-refractivity contribution is -0.130. The number of likely N-dealkylation sites (tertiary alicyclic amines) is 1. The zero-order valence-corrected chi connectivity index (χ0v) is 21.1. The van der Waals surface area contributed by atoms with E-state index in [4.69, 9.17) is 9.47 Å². The Morgan fingerprint density at radius 1 is 1.39 bits per heavy atom. The van der Waals surface area contributed by atoms with Crippen LogP contribution in [0.25, 0.3) is 0 Å². The first-order valence-corrected chi connectivity index (χ1v) is 12.9. The summed E-state index contributed by atoms with van der Waals surface area (Å²) in [6.45, 7) is 5.04. The van der Waals surface area contributed by atoms with Crippen molar-refractivity contribution in [1.29, 1.82) is 5.26 Å². The first-order chi connectivity index (χ1) is 17.5. The van der Waals surface area contributed by atoms with E-state index in [1.165, 1.54) is 0 Å². The number of rotatable bonds is 6. The Balaban J connectivity index is 1.35. The van der Waals surface area contributed by atoms with Crippen molar-refractivity contribution in [2.75, 3.05) is 45.3 Å². The second-order valence-electron chi connectivity index (χ2n) is 10.4. The molecule has 2 amide bonds. The number of anilines is 1. The van der Waals surface area contributed by atoms with E-state index in [2.05, 4.69) is 27.1 Å². The van der Waals surface area contributed by atoms with Crippen LogP contribution in [-0.4, -0.2) is 85.5 Å². The third kappa shape index (κ3) is 4.57. The minimum absolute atomic E-state index is 0.00726. The molecule has 5 rings (SSSR count). The summed E-state index contributed by atoms with van der Waals surface area (Å²) in [5, 5.41) is 18.3. The highest BCUT2D eigenvalue weighted by molar-refractivity contribution is 5.96. The smallest absolute Gasteiger partial charge is 0.254 e. The third-order valence-electron chi connectivity index (χ3n) is 8.19. The number of nitriles is 1. The van der Waals surface area contributed by atoms with Gasteiger partial charge in [-0.05, 0) is 56.4 Å². The molecule has 0 aromatic heterocycles. The first-order valence-electron chi connectivity index (χ1n) is 12.9. The number of amides is 2. The third-order valence-corrected chi connectivity index (χ3v) is 8.19. The Morgan fingerprint density at radius 2 is 2.25 bits per heavy atom. The summed E-state index contributed by atoms with van der Waals surface area (Å²) in [6.07, 6.45) is 3.50. The van der Waals surface area contributed by atoms with Gasteiger partial charge in [-0.15, -0.1) is 0 Å². The molecule has 4 aliphatic heterocycles. The van der Waals surface area contributed by atoms with Crippen LogP contribution in [0.3, 0.4) is 0 Å². The van der Waals surface area contributed by atoms with Gasteiger partial charge in [0.2, 0.25) is 5.91 Å². The van der Waals surface area contributed by atoms with Gasteiger partial charge in [0, 0.05) is 50.6 Å². The molecule has 0 spiro atoms. The fraction of sp³-hybridized carbons (Fsp3) is 0.654. The Bertz CT molecular complexity index is 1040. The predicted octanol–water partition coefficient (Wildman–Crippen LogP) is 1.38. The summed E-state index contributed by atoms with van der Waals surface area (Å²) < 4.78 is 11.2. The number of fused-ring (bicyclic) bond motifs is 1. The van der Waals surface area contributed by atoms with Crippen molar-refractivity contribution in [3.05, 3.63) is 29.3 Å². The van der Waals surface area contributed by atoms with E-state index in [1.54, 1.807) is 7.11 Å². The zero-order valence-electron chi connectivity index (χ0n) is 21.1. The van der Waals surface area contributed by atoms with Crippen molar-refractivity contribution in [2.45, 2.75) is 62.9 Å². The van der Waals surface area contributed by atoms with Crippen molar-refractivity contribution in [3.8, 4) is 6.07 Å². The Kier molecular flexibility index (Phi) is 7.17. The van der Waals surface area contributed by atoms with Gasteiger partial charge in [0.25, 0.3) is 5.91 Å². The molecule has 36 heavy (non-hydrogen) atoms. The molecule has 3 N–H and O–H groups in total. The van der Waals surface area contributed by atoms with Crippen molar-refractivity contribution in [1.82, 2.24) is 20.7 Å². The first kappa shape index (κ1) is 25.0. The molecule has 0 bridgehead atoms. The number of piperidine rings is 1. The number of hydrogen-bond acceptors (Lipinski definition) is 8. The molecule has 0 radical (unpaired) electrons. The molecule has 194 valence electrons. The van der Waals surface area contributed by atoms with E-state index in [-0.39, 0.29) is 36.0 Å². The molecule has 0 aliphatic carbocycles. The van der Waals surface area contributed by atoms with Gasteiger partial charge in [-0.2, -0.15) is 5.26 Å². The Hall–Kier alpha value is -2.71. The molecule has 5 atom stereocenters. The Labute approximate surface area is 212 Å². The number of aryl methyl sites for hydroxylation is 1. The molecule has 1 aromatic rings. The lowest BCUT2D eigenvalue weighted by Gasteiger charge is -2.46. The summed E-state index contributed by atoms with van der Waals surface area (Å²) in [5.74, 6) is -0.285. The minimum Gasteiger partial charge on any atom is -0.380 e. The van der Waals surface area contributed by atoms with Crippen LogP contribution >= 0.6 is 0 Å². The standard InChI is InChI=1S/C26H36N6O4/c1-17-14-18(4-5-20(17)25(34)31-12-7-19(15-31)35-2)29-23-22-21(6-11-28-24(22)33)32(30-23)26(9-10-27)8-3-13-36-16-26/h4-5,14,19,21-23,29-30H,3,6-9,11-13,15-16H2,1-2H3,(H,28,33)/t19-,21?,22?,23?,26-/m0/s1. The molecule has 3 unspecified atom stereocenters. The Morgan fingerprint density at radius 3 is 2.94 bits per heavy atom. The number of nitrogens with one attached hydrogen (secondary N) is 3. The molecule has 4 heterocycles. The maximum atomic E-state index is 13.1. The average molecular weight is 497 g/mol. The molecule has 0 saturated carbocycles. The number of hydrogen-bond donors (Lipinski definition) is 3. The van der Waals surface area contributed by atoms with Crippen LogP contribution in [0.1, 0.15) is 48.0 Å². The number of hydrazine groups is 1. The van der Waals surface area contributed by atoms with Gasteiger partial charge >= 0.3 is 0 Å². The van der Waals surface area contributed by atoms with Crippen molar-refractivity contribution < 1.29 is 19.1 Å². The van der Waals surface area contributed by atoms with E-state index >= 15 is 0 Å². The van der Waals surface area contributed by atoms with Gasteiger partial charge in [0.05, 0.1) is 36.7 Å². The van der Waals surface area contributed by atoms with Crippen molar-refractivity contribution in [2.24, 2.45) is 5.92 Å². The van der Waals surface area contributed by atoms with Crippen LogP contribution < -0.4 is 16.1 Å². The maximum Gasteiger partial charge on any atom is 0.254 e. The van der Waals surface area contributed by atoms with E-state index in [9.17, 15) is 14.9 Å². The maximum absolute atomic E-state index is 13.1. The molecule has 4 saturated heterocycles. The second-order valence-corrected chi connectivity index (χ2v) is 10.4. The van der Waals surface area contributed by atoms with Crippen molar-refractivity contribution in [3.63, 3.8) is 0 Å². The number of nitrogens with zero attached hydrogens (tertiary/aromatic N) is 3. The summed E-state index contributed by atoms with van der Waals surface area (Å²) in [4.78, 5) is 27.9. The highest BCUT2D eigenvalue weighted by Crippen LogP contribution is 2.39. The number of benzene rings is 1. The number of methoxy groups -OCH3 is 1. The number of carbonyl (C=O) groups is 2. The van der Waals surface area contributed by atoms with Crippen LogP contribution in [-0.2, 0) is 14.3 Å². The normalized spacial score (nSPS) is 32.6. The monoisotopic (exact) mass is 496 g/mol. The van der Waals surface area contributed by atoms with Crippen LogP contribution in [0.4, 0.5) is 5.69 Å². The van der Waals surface area contributed by atoms with E-state index in [0.717, 1.165) is 36.9 Å². The van der Waals surface area contributed by atoms with E-state index in [0.29, 0.717) is 44.8 Å². The summed E-state index contributed by atoms with van der Waals surface area (Å²) in [7, 11) is 1.68. The van der Waals surface area contributed by atoms with E-state index in [1.807, 2.05) is 30.0 Å².